The van der Waals surface area contributed by atoms with Gasteiger partial charge in [-0.1, -0.05) is 49.1 Å². The summed E-state index contributed by atoms with van der Waals surface area (Å²) in [5.41, 5.74) is 1.25. The maximum atomic E-state index is 13.9. The molecule has 20 heteroatoms. The van der Waals surface area contributed by atoms with Gasteiger partial charge < -0.3 is 0 Å². The molecule has 40 heavy (non-hydrogen) atoms. The van der Waals surface area contributed by atoms with Crippen LogP contribution in [0.4, 0.5) is 74.6 Å². The van der Waals surface area contributed by atoms with Gasteiger partial charge in [0.05, 0.1) is 0 Å². The second-order valence-corrected chi connectivity index (χ2v) is 11.0. The SMILES string of the molecule is C=Cc1cccc(CSC(=S)SCCC(F)(F)C(F)(F)C(F)(F)C(F)(F)C(F)(F)C(F)(F)C(F)(F)C(F)(F)F)c1. The summed E-state index contributed by atoms with van der Waals surface area (Å²) in [4.78, 5) is 0. The Labute approximate surface area is 227 Å². The van der Waals surface area contributed by atoms with Crippen LogP contribution >= 0.6 is 35.7 Å². The van der Waals surface area contributed by atoms with Crippen molar-refractivity contribution in [2.45, 2.75) is 59.8 Å². The Hall–Kier alpha value is -1.44. The van der Waals surface area contributed by atoms with E-state index >= 15 is 0 Å². The molecule has 0 radical (unpaired) electrons. The van der Waals surface area contributed by atoms with Crippen molar-refractivity contribution >= 4 is 45.3 Å². The highest BCUT2D eigenvalue weighted by atomic mass is 32.2. The van der Waals surface area contributed by atoms with Crippen LogP contribution in [0.3, 0.4) is 0 Å². The minimum atomic E-state index is -8.63. The van der Waals surface area contributed by atoms with E-state index in [0.717, 1.165) is 11.8 Å². The van der Waals surface area contributed by atoms with E-state index in [0.29, 0.717) is 11.1 Å². The van der Waals surface area contributed by atoms with Crippen molar-refractivity contribution in [3.8, 4) is 0 Å². The Morgan fingerprint density at radius 2 is 1.12 bits per heavy atom. The fourth-order valence-electron chi connectivity index (χ4n) is 2.61. The first-order valence-corrected chi connectivity index (χ1v) is 12.3. The van der Waals surface area contributed by atoms with Gasteiger partial charge in [0.25, 0.3) is 0 Å². The molecule has 0 nitrogen and oxygen atoms in total. The Morgan fingerprint density at radius 3 is 1.57 bits per heavy atom. The number of alkyl halides is 17. The summed E-state index contributed by atoms with van der Waals surface area (Å²) in [5.74, 6) is -57.5. The number of hydrogen-bond donors (Lipinski definition) is 0. The third kappa shape index (κ3) is 6.32. The van der Waals surface area contributed by atoms with Gasteiger partial charge in [-0.05, 0) is 11.1 Å². The van der Waals surface area contributed by atoms with Gasteiger partial charge in [-0.15, -0.1) is 23.5 Å². The molecule has 0 heterocycles. The molecule has 0 N–H and O–H groups in total. The Bertz CT molecular complexity index is 1060. The zero-order valence-corrected chi connectivity index (χ0v) is 21.3. The number of hydrogen-bond acceptors (Lipinski definition) is 3. The van der Waals surface area contributed by atoms with Crippen molar-refractivity contribution in [3.63, 3.8) is 0 Å². The van der Waals surface area contributed by atoms with E-state index in [1.54, 1.807) is 24.3 Å². The van der Waals surface area contributed by atoms with Crippen molar-refractivity contribution in [2.75, 3.05) is 5.75 Å². The second kappa shape index (κ2) is 11.7. The van der Waals surface area contributed by atoms with E-state index in [4.69, 9.17) is 12.2 Å². The van der Waals surface area contributed by atoms with Gasteiger partial charge in [0.2, 0.25) is 0 Å². The molecule has 0 saturated heterocycles. The van der Waals surface area contributed by atoms with Crippen LogP contribution in [0.15, 0.2) is 30.8 Å². The molecule has 0 bridgehead atoms. The van der Waals surface area contributed by atoms with Crippen LogP contribution in [-0.4, -0.2) is 56.9 Å². The van der Waals surface area contributed by atoms with Crippen molar-refractivity contribution < 1.29 is 74.6 Å². The molecule has 0 saturated carbocycles. The van der Waals surface area contributed by atoms with E-state index in [9.17, 15) is 74.6 Å². The summed E-state index contributed by atoms with van der Waals surface area (Å²) < 4.78 is 225. The standard InChI is InChI=1S/C20H13F17S3/c1-2-10-4-3-5-11(8-10)9-40-12(38)39-7-6-13(21,22)14(23,24)15(25,26)16(27,28)17(29,30)18(31,32)19(33,34)20(35,36)37/h2-5,8H,1,6-7,9H2. The first-order chi connectivity index (χ1) is 17.7. The van der Waals surface area contributed by atoms with Crippen LogP contribution in [0, 0.1) is 0 Å². The van der Waals surface area contributed by atoms with Gasteiger partial charge in [-0.25, -0.2) is 0 Å². The van der Waals surface area contributed by atoms with Crippen LogP contribution < -0.4 is 0 Å². The fourth-order valence-corrected chi connectivity index (χ4v) is 4.79. The van der Waals surface area contributed by atoms with Crippen LogP contribution in [0.25, 0.3) is 6.08 Å². The van der Waals surface area contributed by atoms with E-state index in [-0.39, 0.29) is 21.0 Å². The molecule has 1 aromatic carbocycles. The maximum Gasteiger partial charge on any atom is 0.460 e. The predicted molar refractivity (Wildman–Crippen MR) is 118 cm³/mol. The minimum absolute atomic E-state index is 0.0657. The number of halogens is 17. The van der Waals surface area contributed by atoms with E-state index in [2.05, 4.69) is 6.58 Å². The largest absolute Gasteiger partial charge is 0.460 e. The lowest BCUT2D eigenvalue weighted by Gasteiger charge is -2.42. The zero-order chi connectivity index (χ0) is 31.8. The highest BCUT2D eigenvalue weighted by molar-refractivity contribution is 8.46. The molecule has 0 aliphatic carbocycles. The summed E-state index contributed by atoms with van der Waals surface area (Å²) in [7, 11) is 0. The highest BCUT2D eigenvalue weighted by Gasteiger charge is 2.95. The minimum Gasteiger partial charge on any atom is -0.200 e. The molecule has 0 atom stereocenters. The van der Waals surface area contributed by atoms with Gasteiger partial charge in [-0.3, -0.25) is 0 Å². The smallest absolute Gasteiger partial charge is 0.200 e. The molecule has 1 aromatic rings. The molecule has 0 unspecified atom stereocenters. The molecule has 230 valence electrons. The molecular formula is C20H13F17S3. The fraction of sp³-hybridized carbons (Fsp3) is 0.550. The third-order valence-corrected chi connectivity index (χ3v) is 7.74. The lowest BCUT2D eigenvalue weighted by molar-refractivity contribution is -0.461. The van der Waals surface area contributed by atoms with Gasteiger partial charge in [0.15, 0.2) is 0 Å². The van der Waals surface area contributed by atoms with Crippen LogP contribution in [0.5, 0.6) is 0 Å². The molecule has 0 spiro atoms. The normalized spacial score (nSPS) is 14.8. The highest BCUT2D eigenvalue weighted by Crippen LogP contribution is 2.64. The summed E-state index contributed by atoms with van der Waals surface area (Å²) in [6.45, 7) is 3.50. The van der Waals surface area contributed by atoms with E-state index in [1.165, 1.54) is 6.08 Å². The van der Waals surface area contributed by atoms with Gasteiger partial charge in [-0.2, -0.15) is 74.6 Å². The maximum absolute atomic E-state index is 13.9. The Kier molecular flexibility index (Phi) is 10.7. The monoisotopic (exact) mass is 672 g/mol. The summed E-state index contributed by atoms with van der Waals surface area (Å²) >= 11 is 5.60. The lowest BCUT2D eigenvalue weighted by Crippen LogP contribution is -2.74. The van der Waals surface area contributed by atoms with E-state index < -0.39 is 59.8 Å². The predicted octanol–water partition coefficient (Wildman–Crippen LogP) is 9.98. The summed E-state index contributed by atoms with van der Waals surface area (Å²) in [6.07, 6.45) is -8.84. The zero-order valence-electron chi connectivity index (χ0n) is 18.9. The molecule has 0 aliphatic heterocycles. The average Bonchev–Trinajstić information content (AvgIpc) is 2.81. The van der Waals surface area contributed by atoms with Crippen LogP contribution in [0.2, 0.25) is 0 Å². The average molecular weight is 672 g/mol. The molecule has 0 aromatic heterocycles. The van der Waals surface area contributed by atoms with Gasteiger partial charge in [0.1, 0.15) is 3.53 Å². The molecule has 0 aliphatic rings. The summed E-state index contributed by atoms with van der Waals surface area (Å²) in [5, 5.41) is 0. The van der Waals surface area contributed by atoms with Crippen LogP contribution in [-0.2, 0) is 5.75 Å². The number of thioether (sulfide) groups is 2. The molecule has 0 fully saturated rings. The van der Waals surface area contributed by atoms with Gasteiger partial charge >= 0.3 is 47.6 Å². The Morgan fingerprint density at radius 1 is 0.675 bits per heavy atom. The second-order valence-electron chi connectivity index (χ2n) is 7.73. The van der Waals surface area contributed by atoms with E-state index in [1.807, 2.05) is 0 Å². The summed E-state index contributed by atoms with van der Waals surface area (Å²) in [6, 6.07) is 6.42. The van der Waals surface area contributed by atoms with Gasteiger partial charge in [0, 0.05) is 17.9 Å². The van der Waals surface area contributed by atoms with Crippen LogP contribution in [0.1, 0.15) is 17.5 Å². The van der Waals surface area contributed by atoms with Crippen molar-refractivity contribution in [3.05, 3.63) is 42.0 Å². The first kappa shape index (κ1) is 36.6. The van der Waals surface area contributed by atoms with Crippen molar-refractivity contribution in [2.24, 2.45) is 0 Å². The third-order valence-electron chi connectivity index (χ3n) is 4.97. The molecule has 1 rings (SSSR count). The molecular weight excluding hydrogens is 659 g/mol. The lowest BCUT2D eigenvalue weighted by atomic mass is 9.88. The van der Waals surface area contributed by atoms with Crippen molar-refractivity contribution in [1.82, 2.24) is 0 Å². The quantitative estimate of drug-likeness (QED) is 0.160. The Balaban J connectivity index is 3.11. The molecule has 0 amide bonds. The number of thiocarbonyl (C=S) groups is 1. The topological polar surface area (TPSA) is 0 Å². The first-order valence-electron chi connectivity index (χ1n) is 9.88. The number of rotatable bonds is 12. The number of benzene rings is 1. The van der Waals surface area contributed by atoms with Crippen molar-refractivity contribution in [1.29, 1.82) is 0 Å².